The highest BCUT2D eigenvalue weighted by molar-refractivity contribution is 5.95. The molecule has 1 aliphatic rings. The molecule has 1 aromatic rings. The SMILES string of the molecule is COC(=O)c1cc(F)ccc1NC1CC(O)C1(C)C. The molecule has 1 aliphatic carbocycles. The highest BCUT2D eigenvalue weighted by Crippen LogP contribution is 2.42. The third kappa shape index (κ3) is 2.42. The number of carbonyl (C=O) groups is 1. The second-order valence-corrected chi connectivity index (χ2v) is 5.45. The van der Waals surface area contributed by atoms with Crippen molar-refractivity contribution in [3.05, 3.63) is 29.6 Å². The first-order chi connectivity index (χ1) is 8.86. The molecule has 1 fully saturated rings. The first kappa shape index (κ1) is 13.8. The van der Waals surface area contributed by atoms with Crippen LogP contribution in [0, 0.1) is 11.2 Å². The van der Waals surface area contributed by atoms with Gasteiger partial charge in [-0.25, -0.2) is 9.18 Å². The first-order valence-electron chi connectivity index (χ1n) is 6.18. The maximum atomic E-state index is 13.2. The highest BCUT2D eigenvalue weighted by Gasteiger charge is 2.47. The van der Waals surface area contributed by atoms with Crippen molar-refractivity contribution in [3.8, 4) is 0 Å². The van der Waals surface area contributed by atoms with E-state index in [9.17, 15) is 14.3 Å². The minimum Gasteiger partial charge on any atom is -0.465 e. The summed E-state index contributed by atoms with van der Waals surface area (Å²) in [6.45, 7) is 3.89. The van der Waals surface area contributed by atoms with Gasteiger partial charge in [-0.15, -0.1) is 0 Å². The van der Waals surface area contributed by atoms with Crippen LogP contribution in [0.25, 0.3) is 0 Å². The number of halogens is 1. The number of aliphatic hydroxyl groups is 1. The van der Waals surface area contributed by atoms with Gasteiger partial charge in [0.05, 0.1) is 18.8 Å². The lowest BCUT2D eigenvalue weighted by atomic mass is 9.64. The molecule has 0 amide bonds. The second-order valence-electron chi connectivity index (χ2n) is 5.45. The monoisotopic (exact) mass is 267 g/mol. The quantitative estimate of drug-likeness (QED) is 0.824. The number of ether oxygens (including phenoxy) is 1. The summed E-state index contributed by atoms with van der Waals surface area (Å²) >= 11 is 0. The van der Waals surface area contributed by atoms with E-state index in [2.05, 4.69) is 10.1 Å². The van der Waals surface area contributed by atoms with Crippen LogP contribution in [0.1, 0.15) is 30.6 Å². The number of benzene rings is 1. The van der Waals surface area contributed by atoms with E-state index in [0.29, 0.717) is 12.1 Å². The molecule has 4 nitrogen and oxygen atoms in total. The van der Waals surface area contributed by atoms with Gasteiger partial charge in [-0.1, -0.05) is 13.8 Å². The summed E-state index contributed by atoms with van der Waals surface area (Å²) in [5.74, 6) is -1.07. The van der Waals surface area contributed by atoms with Crippen molar-refractivity contribution in [3.63, 3.8) is 0 Å². The molecule has 0 aromatic heterocycles. The molecule has 1 saturated carbocycles. The van der Waals surface area contributed by atoms with Crippen LogP contribution in [-0.4, -0.2) is 30.3 Å². The summed E-state index contributed by atoms with van der Waals surface area (Å²) < 4.78 is 17.9. The van der Waals surface area contributed by atoms with E-state index in [1.54, 1.807) is 0 Å². The van der Waals surface area contributed by atoms with Gasteiger partial charge in [-0.3, -0.25) is 0 Å². The number of hydrogen-bond donors (Lipinski definition) is 2. The van der Waals surface area contributed by atoms with Crippen LogP contribution in [0.5, 0.6) is 0 Å². The lowest BCUT2D eigenvalue weighted by molar-refractivity contribution is -0.0510. The molecule has 0 saturated heterocycles. The van der Waals surface area contributed by atoms with Crippen molar-refractivity contribution in [2.24, 2.45) is 5.41 Å². The largest absolute Gasteiger partial charge is 0.465 e. The van der Waals surface area contributed by atoms with Crippen LogP contribution in [0.3, 0.4) is 0 Å². The molecular formula is C14H18FNO3. The Bertz CT molecular complexity index is 501. The van der Waals surface area contributed by atoms with Gasteiger partial charge in [0.1, 0.15) is 5.82 Å². The number of hydrogen-bond acceptors (Lipinski definition) is 4. The van der Waals surface area contributed by atoms with Crippen molar-refractivity contribution in [2.45, 2.75) is 32.4 Å². The maximum Gasteiger partial charge on any atom is 0.340 e. The first-order valence-corrected chi connectivity index (χ1v) is 6.18. The molecule has 0 aliphatic heterocycles. The maximum absolute atomic E-state index is 13.2. The molecule has 19 heavy (non-hydrogen) atoms. The predicted molar refractivity (Wildman–Crippen MR) is 69.6 cm³/mol. The number of methoxy groups -OCH3 is 1. The Hall–Kier alpha value is -1.62. The predicted octanol–water partition coefficient (Wildman–Crippen LogP) is 2.18. The smallest absolute Gasteiger partial charge is 0.340 e. The van der Waals surface area contributed by atoms with Crippen LogP contribution in [-0.2, 0) is 4.74 Å². The summed E-state index contributed by atoms with van der Waals surface area (Å²) in [5, 5.41) is 12.9. The van der Waals surface area contributed by atoms with Gasteiger partial charge in [0.2, 0.25) is 0 Å². The zero-order valence-electron chi connectivity index (χ0n) is 11.2. The van der Waals surface area contributed by atoms with Crippen LogP contribution in [0.2, 0.25) is 0 Å². The summed E-state index contributed by atoms with van der Waals surface area (Å²) in [6.07, 6.45) is 0.234. The van der Waals surface area contributed by atoms with Crippen molar-refractivity contribution in [2.75, 3.05) is 12.4 Å². The number of carbonyl (C=O) groups excluding carboxylic acids is 1. The Kier molecular flexibility index (Phi) is 3.49. The van der Waals surface area contributed by atoms with Gasteiger partial charge in [-0.05, 0) is 24.6 Å². The van der Waals surface area contributed by atoms with Crippen molar-refractivity contribution >= 4 is 11.7 Å². The molecule has 1 aromatic carbocycles. The van der Waals surface area contributed by atoms with Gasteiger partial charge in [-0.2, -0.15) is 0 Å². The molecule has 2 N–H and O–H groups in total. The second kappa shape index (κ2) is 4.81. The summed E-state index contributed by atoms with van der Waals surface area (Å²) in [5.41, 5.74) is 0.416. The summed E-state index contributed by atoms with van der Waals surface area (Å²) in [7, 11) is 1.26. The molecule has 0 heterocycles. The molecule has 0 radical (unpaired) electrons. The Labute approximate surface area is 111 Å². The number of esters is 1. The molecule has 2 atom stereocenters. The van der Waals surface area contributed by atoms with Crippen LogP contribution in [0.4, 0.5) is 10.1 Å². The molecule has 2 rings (SSSR count). The van der Waals surface area contributed by atoms with Crippen molar-refractivity contribution in [1.82, 2.24) is 0 Å². The third-order valence-electron chi connectivity index (χ3n) is 3.93. The fourth-order valence-electron chi connectivity index (χ4n) is 2.26. The van der Waals surface area contributed by atoms with Crippen molar-refractivity contribution in [1.29, 1.82) is 0 Å². The minimum atomic E-state index is -0.584. The van der Waals surface area contributed by atoms with Gasteiger partial charge < -0.3 is 15.2 Å². The Morgan fingerprint density at radius 3 is 2.74 bits per heavy atom. The van der Waals surface area contributed by atoms with E-state index in [-0.39, 0.29) is 23.1 Å². The van der Waals surface area contributed by atoms with Gasteiger partial charge >= 0.3 is 5.97 Å². The molecule has 104 valence electrons. The average Bonchev–Trinajstić information content (AvgIpc) is 2.39. The fourth-order valence-corrected chi connectivity index (χ4v) is 2.26. The number of aliphatic hydroxyl groups excluding tert-OH is 1. The van der Waals surface area contributed by atoms with Crippen LogP contribution in [0.15, 0.2) is 18.2 Å². The molecule has 5 heteroatoms. The van der Waals surface area contributed by atoms with E-state index in [0.717, 1.165) is 6.07 Å². The van der Waals surface area contributed by atoms with E-state index in [1.807, 2.05) is 13.8 Å². The summed E-state index contributed by atoms with van der Waals surface area (Å²) in [6, 6.07) is 3.99. The highest BCUT2D eigenvalue weighted by atomic mass is 19.1. The molecule has 0 bridgehead atoms. The topological polar surface area (TPSA) is 58.6 Å². The zero-order chi connectivity index (χ0) is 14.2. The van der Waals surface area contributed by atoms with Crippen LogP contribution < -0.4 is 5.32 Å². The summed E-state index contributed by atoms with van der Waals surface area (Å²) in [4.78, 5) is 11.6. The molecule has 2 unspecified atom stereocenters. The molecular weight excluding hydrogens is 249 g/mol. The Morgan fingerprint density at radius 1 is 1.53 bits per heavy atom. The van der Waals surface area contributed by atoms with Gasteiger partial charge in [0.15, 0.2) is 0 Å². The van der Waals surface area contributed by atoms with E-state index >= 15 is 0 Å². The number of nitrogens with one attached hydrogen (secondary N) is 1. The zero-order valence-corrected chi connectivity index (χ0v) is 11.2. The lowest BCUT2D eigenvalue weighted by Gasteiger charge is -2.50. The Morgan fingerprint density at radius 2 is 2.21 bits per heavy atom. The minimum absolute atomic E-state index is 0.0383. The van der Waals surface area contributed by atoms with E-state index in [1.165, 1.54) is 19.2 Å². The average molecular weight is 267 g/mol. The normalized spacial score (nSPS) is 24.5. The lowest BCUT2D eigenvalue weighted by Crippen LogP contribution is -2.57. The fraction of sp³-hybridized carbons (Fsp3) is 0.500. The van der Waals surface area contributed by atoms with E-state index < -0.39 is 11.8 Å². The third-order valence-corrected chi connectivity index (χ3v) is 3.93. The Balaban J connectivity index is 2.24. The number of rotatable bonds is 3. The van der Waals surface area contributed by atoms with Gasteiger partial charge in [0, 0.05) is 17.1 Å². The number of anilines is 1. The van der Waals surface area contributed by atoms with Crippen LogP contribution >= 0.6 is 0 Å². The van der Waals surface area contributed by atoms with E-state index in [4.69, 9.17) is 0 Å². The van der Waals surface area contributed by atoms with Crippen molar-refractivity contribution < 1.29 is 19.0 Å². The van der Waals surface area contributed by atoms with Gasteiger partial charge in [0.25, 0.3) is 0 Å². The molecule has 0 spiro atoms. The standard InChI is InChI=1S/C14H18FNO3/c1-14(2)11(7-12(14)17)16-10-5-4-8(15)6-9(10)13(18)19-3/h4-6,11-12,16-17H,7H2,1-3H3.